The highest BCUT2D eigenvalue weighted by Gasteiger charge is 2.52. The largest absolute Gasteiger partial charge is 0.496 e. The number of benzene rings is 1. The first-order valence-electron chi connectivity index (χ1n) is 6.36. The van der Waals surface area contributed by atoms with Crippen molar-refractivity contribution in [2.45, 2.75) is 33.1 Å². The van der Waals surface area contributed by atoms with Gasteiger partial charge in [0.2, 0.25) is 0 Å². The van der Waals surface area contributed by atoms with E-state index in [-0.39, 0.29) is 5.78 Å². The lowest BCUT2D eigenvalue weighted by atomic mass is 9.64. The Morgan fingerprint density at radius 2 is 1.89 bits per heavy atom. The van der Waals surface area contributed by atoms with Gasteiger partial charge in [-0.2, -0.15) is 0 Å². The van der Waals surface area contributed by atoms with E-state index in [1.165, 1.54) is 7.11 Å². The fraction of sp³-hybridized carbons (Fsp3) is 0.467. The standard InChI is InChI=1S/C15H18O4/c1-9-7-10(2)12(11(8-9)19-3)13(16)15(14(17)18)5-4-6-15/h7-8H,4-6H2,1-3H3,(H,17,18). The number of aryl methyl sites for hydroxylation is 2. The third-order valence-corrected chi connectivity index (χ3v) is 3.94. The van der Waals surface area contributed by atoms with Gasteiger partial charge in [-0.1, -0.05) is 12.5 Å². The third-order valence-electron chi connectivity index (χ3n) is 3.94. The summed E-state index contributed by atoms with van der Waals surface area (Å²) in [5.41, 5.74) is 0.932. The van der Waals surface area contributed by atoms with Crippen LogP contribution < -0.4 is 4.74 Å². The molecular weight excluding hydrogens is 244 g/mol. The molecule has 1 aliphatic carbocycles. The summed E-state index contributed by atoms with van der Waals surface area (Å²) in [7, 11) is 1.50. The average molecular weight is 262 g/mol. The van der Waals surface area contributed by atoms with Gasteiger partial charge >= 0.3 is 5.97 Å². The Labute approximate surface area is 112 Å². The maximum Gasteiger partial charge on any atom is 0.317 e. The predicted octanol–water partition coefficient (Wildman–Crippen LogP) is 2.75. The number of ketones is 1. The second kappa shape index (κ2) is 4.68. The highest BCUT2D eigenvalue weighted by molar-refractivity contribution is 6.14. The van der Waals surface area contributed by atoms with E-state index in [0.29, 0.717) is 24.2 Å². The summed E-state index contributed by atoms with van der Waals surface area (Å²) < 4.78 is 5.26. The van der Waals surface area contributed by atoms with Crippen LogP contribution in [-0.2, 0) is 4.79 Å². The number of hydrogen-bond donors (Lipinski definition) is 1. The Kier molecular flexibility index (Phi) is 3.35. The van der Waals surface area contributed by atoms with E-state index in [1.807, 2.05) is 19.9 Å². The second-order valence-corrected chi connectivity index (χ2v) is 5.23. The van der Waals surface area contributed by atoms with Gasteiger partial charge in [-0.05, 0) is 43.9 Å². The fourth-order valence-corrected chi connectivity index (χ4v) is 2.69. The molecule has 0 aromatic heterocycles. The van der Waals surface area contributed by atoms with E-state index in [0.717, 1.165) is 17.5 Å². The van der Waals surface area contributed by atoms with Gasteiger partial charge in [0.15, 0.2) is 5.78 Å². The van der Waals surface area contributed by atoms with Gasteiger partial charge in [0.1, 0.15) is 11.2 Å². The summed E-state index contributed by atoms with van der Waals surface area (Å²) in [6.45, 7) is 3.73. The number of rotatable bonds is 4. The summed E-state index contributed by atoms with van der Waals surface area (Å²) in [5, 5.41) is 9.36. The normalized spacial score (nSPS) is 16.6. The lowest BCUT2D eigenvalue weighted by Gasteiger charge is -2.36. The number of carboxylic acid groups (broad SMARTS) is 1. The average Bonchev–Trinajstić information content (AvgIpc) is 2.25. The smallest absolute Gasteiger partial charge is 0.317 e. The van der Waals surface area contributed by atoms with Crippen LogP contribution in [0.4, 0.5) is 0 Å². The number of carbonyl (C=O) groups excluding carboxylic acids is 1. The summed E-state index contributed by atoms with van der Waals surface area (Å²) >= 11 is 0. The van der Waals surface area contributed by atoms with Gasteiger partial charge in [-0.3, -0.25) is 9.59 Å². The van der Waals surface area contributed by atoms with Crippen molar-refractivity contribution in [2.24, 2.45) is 5.41 Å². The molecule has 0 spiro atoms. The number of methoxy groups -OCH3 is 1. The van der Waals surface area contributed by atoms with Gasteiger partial charge in [-0.15, -0.1) is 0 Å². The van der Waals surface area contributed by atoms with Crippen molar-refractivity contribution in [3.8, 4) is 5.75 Å². The van der Waals surface area contributed by atoms with Crippen LogP contribution in [0.1, 0.15) is 40.7 Å². The summed E-state index contributed by atoms with van der Waals surface area (Å²) in [6, 6.07) is 3.65. The number of hydrogen-bond acceptors (Lipinski definition) is 3. The molecule has 0 atom stereocenters. The van der Waals surface area contributed by atoms with E-state index >= 15 is 0 Å². The van der Waals surface area contributed by atoms with E-state index in [9.17, 15) is 14.7 Å². The van der Waals surface area contributed by atoms with Crippen molar-refractivity contribution in [2.75, 3.05) is 7.11 Å². The van der Waals surface area contributed by atoms with Crippen LogP contribution in [0.3, 0.4) is 0 Å². The minimum absolute atomic E-state index is 0.319. The van der Waals surface area contributed by atoms with Crippen LogP contribution in [0.25, 0.3) is 0 Å². The molecule has 1 N–H and O–H groups in total. The van der Waals surface area contributed by atoms with Crippen LogP contribution in [0.5, 0.6) is 5.75 Å². The molecule has 19 heavy (non-hydrogen) atoms. The highest BCUT2D eigenvalue weighted by Crippen LogP contribution is 2.45. The molecule has 4 heteroatoms. The Hall–Kier alpha value is -1.84. The number of ether oxygens (including phenoxy) is 1. The van der Waals surface area contributed by atoms with Crippen LogP contribution in [-0.4, -0.2) is 24.0 Å². The zero-order chi connectivity index (χ0) is 14.2. The molecule has 1 aliphatic rings. The van der Waals surface area contributed by atoms with Crippen LogP contribution in [0.15, 0.2) is 12.1 Å². The molecule has 0 radical (unpaired) electrons. The highest BCUT2D eigenvalue weighted by atomic mass is 16.5. The van der Waals surface area contributed by atoms with E-state index in [4.69, 9.17) is 4.74 Å². The quantitative estimate of drug-likeness (QED) is 0.669. The van der Waals surface area contributed by atoms with Crippen molar-refractivity contribution in [3.63, 3.8) is 0 Å². The van der Waals surface area contributed by atoms with Crippen molar-refractivity contribution in [1.29, 1.82) is 0 Å². The molecule has 4 nitrogen and oxygen atoms in total. The van der Waals surface area contributed by atoms with Gasteiger partial charge < -0.3 is 9.84 Å². The van der Waals surface area contributed by atoms with Crippen molar-refractivity contribution < 1.29 is 19.4 Å². The molecule has 1 saturated carbocycles. The molecule has 2 rings (SSSR count). The number of Topliss-reactive ketones (excluding diaryl/α,β-unsaturated/α-hetero) is 1. The maximum atomic E-state index is 12.6. The van der Waals surface area contributed by atoms with Crippen molar-refractivity contribution >= 4 is 11.8 Å². The number of aliphatic carboxylic acids is 1. The van der Waals surface area contributed by atoms with Crippen LogP contribution in [0.2, 0.25) is 0 Å². The summed E-state index contributed by atoms with van der Waals surface area (Å²) in [6.07, 6.45) is 1.61. The maximum absolute atomic E-state index is 12.6. The van der Waals surface area contributed by atoms with Crippen molar-refractivity contribution in [1.82, 2.24) is 0 Å². The van der Waals surface area contributed by atoms with Gasteiger partial charge in [0.25, 0.3) is 0 Å². The predicted molar refractivity (Wildman–Crippen MR) is 70.7 cm³/mol. The first-order chi connectivity index (χ1) is 8.92. The first kappa shape index (κ1) is 13.6. The minimum Gasteiger partial charge on any atom is -0.496 e. The zero-order valence-electron chi connectivity index (χ0n) is 11.4. The van der Waals surface area contributed by atoms with Crippen LogP contribution >= 0.6 is 0 Å². The Bertz CT molecular complexity index is 541. The monoisotopic (exact) mass is 262 g/mol. The topological polar surface area (TPSA) is 63.6 Å². The molecule has 0 unspecified atom stereocenters. The van der Waals surface area contributed by atoms with Gasteiger partial charge in [-0.25, -0.2) is 0 Å². The lowest BCUT2D eigenvalue weighted by molar-refractivity contribution is -0.150. The van der Waals surface area contributed by atoms with E-state index in [1.54, 1.807) is 6.07 Å². The van der Waals surface area contributed by atoms with E-state index in [2.05, 4.69) is 0 Å². The summed E-state index contributed by atoms with van der Waals surface area (Å²) in [4.78, 5) is 24.1. The van der Waals surface area contributed by atoms with Crippen LogP contribution in [0, 0.1) is 19.3 Å². The Morgan fingerprint density at radius 1 is 1.26 bits per heavy atom. The molecular formula is C15H18O4. The Morgan fingerprint density at radius 3 is 2.32 bits per heavy atom. The first-order valence-corrected chi connectivity index (χ1v) is 6.36. The molecule has 1 fully saturated rings. The molecule has 0 saturated heterocycles. The number of carbonyl (C=O) groups is 2. The molecule has 0 bridgehead atoms. The summed E-state index contributed by atoms with van der Waals surface area (Å²) in [5.74, 6) is -0.874. The van der Waals surface area contributed by atoms with Crippen molar-refractivity contribution in [3.05, 3.63) is 28.8 Å². The molecule has 1 aromatic rings. The van der Waals surface area contributed by atoms with Gasteiger partial charge in [0.05, 0.1) is 12.7 Å². The molecule has 0 heterocycles. The van der Waals surface area contributed by atoms with Gasteiger partial charge in [0, 0.05) is 0 Å². The molecule has 0 aliphatic heterocycles. The SMILES string of the molecule is COc1cc(C)cc(C)c1C(=O)C1(C(=O)O)CCC1. The molecule has 0 amide bonds. The Balaban J connectivity index is 2.53. The lowest BCUT2D eigenvalue weighted by Crippen LogP contribution is -2.45. The molecule has 102 valence electrons. The number of carboxylic acids is 1. The third kappa shape index (κ3) is 2.01. The van der Waals surface area contributed by atoms with E-state index < -0.39 is 11.4 Å². The second-order valence-electron chi connectivity index (χ2n) is 5.23. The molecule has 1 aromatic carbocycles. The fourth-order valence-electron chi connectivity index (χ4n) is 2.69. The zero-order valence-corrected chi connectivity index (χ0v) is 11.4. The minimum atomic E-state index is -1.24.